The van der Waals surface area contributed by atoms with Crippen LogP contribution >= 0.6 is 0 Å². The number of carbonyl (C=O) groups is 1. The molecule has 0 atom stereocenters. The molecule has 88 valence electrons. The van der Waals surface area contributed by atoms with Crippen LogP contribution in [0.2, 0.25) is 0 Å². The molecule has 0 radical (unpaired) electrons. The molecule has 0 aliphatic heterocycles. The molecule has 1 aromatic rings. The van der Waals surface area contributed by atoms with Crippen LogP contribution in [0.3, 0.4) is 0 Å². The van der Waals surface area contributed by atoms with Gasteiger partial charge in [-0.1, -0.05) is 13.3 Å². The maximum atomic E-state index is 11.3. The Morgan fingerprint density at radius 2 is 2.19 bits per heavy atom. The standard InChI is InChI=1S/C11H15NO4/c1-3-4-5-8-6-9(7-10(13)12-8)16-11(14)15-2/h6-7H,3-5H2,1-2H3,(H,12,13). The number of H-pyrrole nitrogens is 1. The van der Waals surface area contributed by atoms with Gasteiger partial charge in [0.2, 0.25) is 0 Å². The summed E-state index contributed by atoms with van der Waals surface area (Å²) in [5.41, 5.74) is 0.473. The van der Waals surface area contributed by atoms with E-state index in [0.717, 1.165) is 25.0 Å². The summed E-state index contributed by atoms with van der Waals surface area (Å²) in [6, 6.07) is 2.85. The maximum Gasteiger partial charge on any atom is 0.513 e. The number of aromatic nitrogens is 1. The molecular formula is C11H15NO4. The second kappa shape index (κ2) is 5.95. The Kier molecular flexibility index (Phi) is 4.57. The molecule has 16 heavy (non-hydrogen) atoms. The van der Waals surface area contributed by atoms with Gasteiger partial charge in [-0.25, -0.2) is 4.79 Å². The Hall–Kier alpha value is -1.78. The van der Waals surface area contributed by atoms with E-state index < -0.39 is 6.16 Å². The summed E-state index contributed by atoms with van der Waals surface area (Å²) >= 11 is 0. The zero-order chi connectivity index (χ0) is 12.0. The Bertz CT molecular complexity index is 411. The normalized spacial score (nSPS) is 9.88. The van der Waals surface area contributed by atoms with Crippen LogP contribution in [0.25, 0.3) is 0 Å². The number of nitrogens with one attached hydrogen (secondary N) is 1. The number of aromatic amines is 1. The summed E-state index contributed by atoms with van der Waals surface area (Å²) in [4.78, 5) is 24.8. The summed E-state index contributed by atoms with van der Waals surface area (Å²) in [5, 5.41) is 0. The topological polar surface area (TPSA) is 68.4 Å². The van der Waals surface area contributed by atoms with Crippen LogP contribution in [0.1, 0.15) is 25.5 Å². The summed E-state index contributed by atoms with van der Waals surface area (Å²) in [6.45, 7) is 2.06. The first-order valence-electron chi connectivity index (χ1n) is 5.14. The molecule has 0 amide bonds. The number of carbonyl (C=O) groups excluding carboxylic acids is 1. The van der Waals surface area contributed by atoms with Crippen molar-refractivity contribution in [3.63, 3.8) is 0 Å². The first kappa shape index (κ1) is 12.3. The molecule has 0 spiro atoms. The second-order valence-corrected chi connectivity index (χ2v) is 3.37. The molecule has 0 saturated heterocycles. The van der Waals surface area contributed by atoms with Gasteiger partial charge in [-0.05, 0) is 12.8 Å². The van der Waals surface area contributed by atoms with Gasteiger partial charge in [0, 0.05) is 17.8 Å². The van der Waals surface area contributed by atoms with E-state index >= 15 is 0 Å². The van der Waals surface area contributed by atoms with Crippen molar-refractivity contribution in [2.75, 3.05) is 7.11 Å². The van der Waals surface area contributed by atoms with Crippen LogP contribution in [-0.2, 0) is 11.2 Å². The maximum absolute atomic E-state index is 11.3. The van der Waals surface area contributed by atoms with Crippen molar-refractivity contribution < 1.29 is 14.3 Å². The molecule has 5 nitrogen and oxygen atoms in total. The number of rotatable bonds is 4. The minimum Gasteiger partial charge on any atom is -0.437 e. The van der Waals surface area contributed by atoms with Gasteiger partial charge >= 0.3 is 6.16 Å². The van der Waals surface area contributed by atoms with Crippen LogP contribution in [-0.4, -0.2) is 18.2 Å². The lowest BCUT2D eigenvalue weighted by atomic mass is 10.2. The van der Waals surface area contributed by atoms with Gasteiger partial charge in [-0.15, -0.1) is 0 Å². The van der Waals surface area contributed by atoms with Gasteiger partial charge in [0.25, 0.3) is 5.56 Å². The Morgan fingerprint density at radius 3 is 2.81 bits per heavy atom. The van der Waals surface area contributed by atoms with E-state index in [2.05, 4.69) is 16.6 Å². The second-order valence-electron chi connectivity index (χ2n) is 3.37. The van der Waals surface area contributed by atoms with E-state index in [1.165, 1.54) is 13.2 Å². The fourth-order valence-electron chi connectivity index (χ4n) is 1.27. The molecule has 0 aliphatic rings. The van der Waals surface area contributed by atoms with Gasteiger partial charge < -0.3 is 14.5 Å². The minimum absolute atomic E-state index is 0.210. The average molecular weight is 225 g/mol. The minimum atomic E-state index is -0.827. The number of hydrogen-bond donors (Lipinski definition) is 1. The fourth-order valence-corrected chi connectivity index (χ4v) is 1.27. The van der Waals surface area contributed by atoms with Gasteiger partial charge in [-0.3, -0.25) is 4.79 Å². The first-order chi connectivity index (χ1) is 7.65. The van der Waals surface area contributed by atoms with E-state index in [9.17, 15) is 9.59 Å². The van der Waals surface area contributed by atoms with Crippen molar-refractivity contribution in [1.82, 2.24) is 4.98 Å². The van der Waals surface area contributed by atoms with Crippen molar-refractivity contribution in [1.29, 1.82) is 0 Å². The van der Waals surface area contributed by atoms with Crippen molar-refractivity contribution in [3.8, 4) is 5.75 Å². The van der Waals surface area contributed by atoms with Crippen molar-refractivity contribution in [3.05, 3.63) is 28.2 Å². The zero-order valence-electron chi connectivity index (χ0n) is 9.41. The number of methoxy groups -OCH3 is 1. The number of ether oxygens (including phenoxy) is 2. The van der Waals surface area contributed by atoms with Crippen LogP contribution in [0.5, 0.6) is 5.75 Å². The number of unbranched alkanes of at least 4 members (excludes halogenated alkanes) is 1. The van der Waals surface area contributed by atoms with Crippen molar-refractivity contribution in [2.24, 2.45) is 0 Å². The van der Waals surface area contributed by atoms with E-state index in [0.29, 0.717) is 0 Å². The quantitative estimate of drug-likeness (QED) is 0.794. The molecule has 1 aromatic heterocycles. The molecule has 0 saturated carbocycles. The molecular weight excluding hydrogens is 210 g/mol. The predicted molar refractivity (Wildman–Crippen MR) is 58.7 cm³/mol. The molecule has 0 unspecified atom stereocenters. The third-order valence-electron chi connectivity index (χ3n) is 2.04. The third-order valence-corrected chi connectivity index (χ3v) is 2.04. The third kappa shape index (κ3) is 3.76. The fraction of sp³-hybridized carbons (Fsp3) is 0.455. The Morgan fingerprint density at radius 1 is 1.44 bits per heavy atom. The smallest absolute Gasteiger partial charge is 0.437 e. The molecule has 0 bridgehead atoms. The Balaban J connectivity index is 2.81. The summed E-state index contributed by atoms with van der Waals surface area (Å²) in [7, 11) is 1.22. The summed E-state index contributed by atoms with van der Waals surface area (Å²) in [5.74, 6) is 0.210. The lowest BCUT2D eigenvalue weighted by molar-refractivity contribution is 0.121. The largest absolute Gasteiger partial charge is 0.513 e. The summed E-state index contributed by atoms with van der Waals surface area (Å²) in [6.07, 6.45) is 1.93. The van der Waals surface area contributed by atoms with Crippen molar-refractivity contribution >= 4 is 6.16 Å². The zero-order valence-corrected chi connectivity index (χ0v) is 9.41. The van der Waals surface area contributed by atoms with Gasteiger partial charge in [0.05, 0.1) is 7.11 Å². The average Bonchev–Trinajstić information content (AvgIpc) is 2.25. The molecule has 1 rings (SSSR count). The number of pyridine rings is 1. The van der Waals surface area contributed by atoms with Crippen LogP contribution < -0.4 is 10.3 Å². The highest BCUT2D eigenvalue weighted by Crippen LogP contribution is 2.11. The molecule has 1 heterocycles. The lowest BCUT2D eigenvalue weighted by Crippen LogP contribution is -2.12. The SMILES string of the molecule is CCCCc1cc(OC(=O)OC)cc(=O)[nH]1. The molecule has 0 aliphatic carbocycles. The Labute approximate surface area is 93.4 Å². The van der Waals surface area contributed by atoms with Gasteiger partial charge in [0.15, 0.2) is 0 Å². The first-order valence-corrected chi connectivity index (χ1v) is 5.14. The van der Waals surface area contributed by atoms with E-state index in [1.807, 2.05) is 0 Å². The summed E-state index contributed by atoms with van der Waals surface area (Å²) < 4.78 is 9.13. The molecule has 0 aromatic carbocycles. The van der Waals surface area contributed by atoms with Crippen molar-refractivity contribution in [2.45, 2.75) is 26.2 Å². The number of aryl methyl sites for hydroxylation is 1. The van der Waals surface area contributed by atoms with Gasteiger partial charge in [-0.2, -0.15) is 0 Å². The monoisotopic (exact) mass is 225 g/mol. The van der Waals surface area contributed by atoms with Crippen LogP contribution in [0.15, 0.2) is 16.9 Å². The van der Waals surface area contributed by atoms with E-state index in [1.54, 1.807) is 6.07 Å². The lowest BCUT2D eigenvalue weighted by Gasteiger charge is -2.04. The highest BCUT2D eigenvalue weighted by molar-refractivity contribution is 5.63. The van der Waals surface area contributed by atoms with Crippen LogP contribution in [0, 0.1) is 0 Å². The molecule has 5 heteroatoms. The highest BCUT2D eigenvalue weighted by atomic mass is 16.7. The predicted octanol–water partition coefficient (Wildman–Crippen LogP) is 1.86. The molecule has 1 N–H and O–H groups in total. The number of hydrogen-bond acceptors (Lipinski definition) is 4. The van der Waals surface area contributed by atoms with E-state index in [4.69, 9.17) is 4.74 Å². The van der Waals surface area contributed by atoms with E-state index in [-0.39, 0.29) is 11.3 Å². The van der Waals surface area contributed by atoms with Crippen LogP contribution in [0.4, 0.5) is 4.79 Å². The van der Waals surface area contributed by atoms with Gasteiger partial charge in [0.1, 0.15) is 5.75 Å². The highest BCUT2D eigenvalue weighted by Gasteiger charge is 2.05. The molecule has 0 fully saturated rings.